The number of aryl methyl sites for hydroxylation is 1. The Morgan fingerprint density at radius 1 is 1.10 bits per heavy atom. The van der Waals surface area contributed by atoms with Gasteiger partial charge in [0.15, 0.2) is 0 Å². The smallest absolute Gasteiger partial charge is 0.261 e. The number of benzene rings is 2. The van der Waals surface area contributed by atoms with Gasteiger partial charge in [0.05, 0.1) is 10.6 Å². The predicted molar refractivity (Wildman–Crippen MR) is 115 cm³/mol. The average Bonchev–Trinajstić information content (AvgIpc) is 3.25. The van der Waals surface area contributed by atoms with Crippen molar-refractivity contribution in [2.45, 2.75) is 38.1 Å². The molecule has 1 aliphatic heterocycles. The van der Waals surface area contributed by atoms with Gasteiger partial charge in [0.25, 0.3) is 10.0 Å². The normalized spacial score (nSPS) is 15.9. The van der Waals surface area contributed by atoms with Crippen molar-refractivity contribution in [3.8, 4) is 5.69 Å². The zero-order valence-electron chi connectivity index (χ0n) is 17.2. The summed E-state index contributed by atoms with van der Waals surface area (Å²) in [5, 5.41) is 11.1. The van der Waals surface area contributed by atoms with Crippen molar-refractivity contribution < 1.29 is 8.42 Å². The minimum absolute atomic E-state index is 0.198. The highest BCUT2D eigenvalue weighted by Gasteiger charge is 2.18. The van der Waals surface area contributed by atoms with Gasteiger partial charge in [-0.05, 0) is 90.7 Å². The Balaban J connectivity index is 1.43. The average molecular weight is 427 g/mol. The van der Waals surface area contributed by atoms with Crippen molar-refractivity contribution in [3.05, 3.63) is 59.9 Å². The molecule has 4 rings (SSSR count). The Kier molecular flexibility index (Phi) is 5.83. The van der Waals surface area contributed by atoms with Crippen molar-refractivity contribution in [1.29, 1.82) is 0 Å². The summed E-state index contributed by atoms with van der Waals surface area (Å²) < 4.78 is 29.8. The summed E-state index contributed by atoms with van der Waals surface area (Å²) >= 11 is 0. The molecule has 1 saturated heterocycles. The molecule has 0 aliphatic carbocycles. The summed E-state index contributed by atoms with van der Waals surface area (Å²) in [6.07, 6.45) is 3.95. The third kappa shape index (κ3) is 4.68. The number of rotatable bonds is 6. The first-order valence-corrected chi connectivity index (χ1v) is 11.6. The van der Waals surface area contributed by atoms with Gasteiger partial charge in [-0.3, -0.25) is 9.62 Å². The van der Waals surface area contributed by atoms with Crippen molar-refractivity contribution >= 4 is 15.7 Å². The lowest BCUT2D eigenvalue weighted by Crippen LogP contribution is -2.32. The van der Waals surface area contributed by atoms with E-state index in [9.17, 15) is 8.42 Å². The number of nitrogens with one attached hydrogen (secondary N) is 1. The molecular formula is C21H26N6O2S. The summed E-state index contributed by atoms with van der Waals surface area (Å²) in [4.78, 5) is 2.65. The number of hydrogen-bond acceptors (Lipinski definition) is 6. The maximum atomic E-state index is 12.8. The van der Waals surface area contributed by atoms with Crippen molar-refractivity contribution in [2.24, 2.45) is 5.92 Å². The van der Waals surface area contributed by atoms with E-state index in [-0.39, 0.29) is 4.90 Å². The van der Waals surface area contributed by atoms with Crippen LogP contribution < -0.4 is 4.72 Å². The summed E-state index contributed by atoms with van der Waals surface area (Å²) in [7, 11) is -3.69. The number of tetrazole rings is 1. The van der Waals surface area contributed by atoms with Crippen LogP contribution in [0.15, 0.2) is 53.7 Å². The number of anilines is 1. The molecule has 1 fully saturated rings. The van der Waals surface area contributed by atoms with Crippen LogP contribution in [-0.2, 0) is 16.6 Å². The summed E-state index contributed by atoms with van der Waals surface area (Å²) in [6, 6.07) is 12.5. The summed E-state index contributed by atoms with van der Waals surface area (Å²) in [5.41, 5.74) is 3.23. The zero-order valence-corrected chi connectivity index (χ0v) is 18.0. The van der Waals surface area contributed by atoms with E-state index in [1.54, 1.807) is 18.2 Å². The molecule has 2 heterocycles. The zero-order chi connectivity index (χ0) is 21.1. The predicted octanol–water partition coefficient (Wildman–Crippen LogP) is 3.00. The lowest BCUT2D eigenvalue weighted by molar-refractivity contribution is 0.185. The van der Waals surface area contributed by atoms with Gasteiger partial charge >= 0.3 is 0 Å². The van der Waals surface area contributed by atoms with E-state index in [1.807, 2.05) is 31.2 Å². The molecule has 0 bridgehead atoms. The molecule has 158 valence electrons. The maximum absolute atomic E-state index is 12.8. The van der Waals surface area contributed by atoms with E-state index in [4.69, 9.17) is 0 Å². The van der Waals surface area contributed by atoms with Gasteiger partial charge in [-0.15, -0.1) is 5.10 Å². The second-order valence-electron chi connectivity index (χ2n) is 7.96. The Labute approximate surface area is 177 Å². The fourth-order valence-corrected chi connectivity index (χ4v) is 4.84. The molecule has 2 aromatic carbocycles. The Morgan fingerprint density at radius 3 is 2.47 bits per heavy atom. The summed E-state index contributed by atoms with van der Waals surface area (Å²) in [6.45, 7) is 7.27. The molecule has 0 spiro atoms. The molecule has 30 heavy (non-hydrogen) atoms. The summed E-state index contributed by atoms with van der Waals surface area (Å²) in [5.74, 6) is 0.809. The number of hydrogen-bond donors (Lipinski definition) is 1. The van der Waals surface area contributed by atoms with Crippen LogP contribution in [0, 0.1) is 12.8 Å². The molecule has 1 aromatic heterocycles. The lowest BCUT2D eigenvalue weighted by atomic mass is 9.99. The second kappa shape index (κ2) is 8.53. The van der Waals surface area contributed by atoms with Crippen molar-refractivity contribution in [1.82, 2.24) is 25.1 Å². The van der Waals surface area contributed by atoms with E-state index in [0.717, 1.165) is 36.8 Å². The Bertz CT molecular complexity index is 1090. The van der Waals surface area contributed by atoms with E-state index < -0.39 is 10.0 Å². The van der Waals surface area contributed by atoms with Crippen LogP contribution in [0.5, 0.6) is 0 Å². The molecule has 1 aliphatic rings. The number of sulfonamides is 1. The molecule has 0 radical (unpaired) electrons. The number of nitrogens with zero attached hydrogens (tertiary/aromatic N) is 5. The molecule has 9 heteroatoms. The van der Waals surface area contributed by atoms with E-state index in [2.05, 4.69) is 32.1 Å². The number of aromatic nitrogens is 4. The third-order valence-electron chi connectivity index (χ3n) is 5.56. The molecule has 0 saturated carbocycles. The van der Waals surface area contributed by atoms with Crippen LogP contribution in [0.4, 0.5) is 5.69 Å². The molecule has 0 amide bonds. The molecular weight excluding hydrogens is 400 g/mol. The first-order valence-electron chi connectivity index (χ1n) is 10.1. The monoisotopic (exact) mass is 426 g/mol. The van der Waals surface area contributed by atoms with Crippen LogP contribution in [0.25, 0.3) is 5.69 Å². The number of likely N-dealkylation sites (tertiary alicyclic amines) is 1. The Morgan fingerprint density at radius 2 is 1.83 bits per heavy atom. The standard InChI is InChI=1S/C21H26N6O2S/c1-16-9-11-26(12-10-16)14-18-3-5-19(6-4-18)23-30(28,29)20-7-8-21(17(2)13-20)27-15-22-24-25-27/h3-8,13,15-16,23H,9-12,14H2,1-2H3. The van der Waals surface area contributed by atoms with E-state index in [1.165, 1.54) is 29.4 Å². The Hall–Kier alpha value is -2.78. The van der Waals surface area contributed by atoms with Crippen molar-refractivity contribution in [3.63, 3.8) is 0 Å². The largest absolute Gasteiger partial charge is 0.299 e. The minimum Gasteiger partial charge on any atom is -0.299 e. The van der Waals surface area contributed by atoms with Crippen LogP contribution in [0.2, 0.25) is 0 Å². The van der Waals surface area contributed by atoms with Crippen molar-refractivity contribution in [2.75, 3.05) is 17.8 Å². The molecule has 0 atom stereocenters. The molecule has 1 N–H and O–H groups in total. The minimum atomic E-state index is -3.69. The molecule has 8 nitrogen and oxygen atoms in total. The third-order valence-corrected chi connectivity index (χ3v) is 6.94. The highest BCUT2D eigenvalue weighted by Crippen LogP contribution is 2.22. The van der Waals surface area contributed by atoms with E-state index in [0.29, 0.717) is 5.69 Å². The van der Waals surface area contributed by atoms with Crippen LogP contribution in [0.3, 0.4) is 0 Å². The quantitative estimate of drug-likeness (QED) is 0.651. The van der Waals surface area contributed by atoms with Crippen LogP contribution >= 0.6 is 0 Å². The highest BCUT2D eigenvalue weighted by atomic mass is 32.2. The first kappa shape index (κ1) is 20.5. The van der Waals surface area contributed by atoms with Crippen LogP contribution in [-0.4, -0.2) is 46.6 Å². The maximum Gasteiger partial charge on any atom is 0.261 e. The molecule has 3 aromatic rings. The second-order valence-corrected chi connectivity index (χ2v) is 9.65. The van der Waals surface area contributed by atoms with Gasteiger partial charge < -0.3 is 0 Å². The van der Waals surface area contributed by atoms with E-state index >= 15 is 0 Å². The van der Waals surface area contributed by atoms with Gasteiger partial charge in [-0.1, -0.05) is 19.1 Å². The van der Waals surface area contributed by atoms with Gasteiger partial charge in [0.1, 0.15) is 6.33 Å². The van der Waals surface area contributed by atoms with Crippen LogP contribution in [0.1, 0.15) is 30.9 Å². The van der Waals surface area contributed by atoms with Gasteiger partial charge in [0, 0.05) is 12.2 Å². The number of piperidine rings is 1. The SMILES string of the molecule is Cc1cc(S(=O)(=O)Nc2ccc(CN3CCC(C)CC3)cc2)ccc1-n1cnnn1. The fraction of sp³-hybridized carbons (Fsp3) is 0.381. The van der Waals surface area contributed by atoms with Gasteiger partial charge in [-0.25, -0.2) is 13.1 Å². The first-order chi connectivity index (χ1) is 14.4. The van der Waals surface area contributed by atoms with Gasteiger partial charge in [-0.2, -0.15) is 0 Å². The topological polar surface area (TPSA) is 93.0 Å². The fourth-order valence-electron chi connectivity index (χ4n) is 3.69. The molecule has 0 unspecified atom stereocenters. The van der Waals surface area contributed by atoms with Gasteiger partial charge in [0.2, 0.25) is 0 Å². The highest BCUT2D eigenvalue weighted by molar-refractivity contribution is 7.92. The lowest BCUT2D eigenvalue weighted by Gasteiger charge is -2.30.